The Hall–Kier alpha value is -0.570. The molecule has 0 spiro atoms. The van der Waals surface area contributed by atoms with Gasteiger partial charge in [-0.1, -0.05) is 0 Å². The molecule has 0 atom stereocenters. The number of hydrogen-bond donors (Lipinski definition) is 1. The third-order valence-electron chi connectivity index (χ3n) is 3.32. The lowest BCUT2D eigenvalue weighted by Gasteiger charge is -2.31. The van der Waals surface area contributed by atoms with Gasteiger partial charge in [0.05, 0.1) is 6.54 Å². The number of nitrogens with one attached hydrogen (secondary N) is 1. The Morgan fingerprint density at radius 3 is 2.71 bits per heavy atom. The van der Waals surface area contributed by atoms with Gasteiger partial charge in [-0.25, -0.2) is 0 Å². The zero-order chi connectivity index (χ0) is 10.2. The molecule has 1 N–H and O–H groups in total. The average Bonchev–Trinajstić information content (AvgIpc) is 2.86. The van der Waals surface area contributed by atoms with Crippen molar-refractivity contribution in [1.82, 2.24) is 10.2 Å². The lowest BCUT2D eigenvalue weighted by molar-refractivity contribution is -0.133. The van der Waals surface area contributed by atoms with Crippen LogP contribution in [-0.4, -0.2) is 35.5 Å². The molecule has 0 aromatic heterocycles. The van der Waals surface area contributed by atoms with Crippen molar-refractivity contribution < 1.29 is 4.79 Å². The Balaban J connectivity index is 1.83. The first-order chi connectivity index (χ1) is 6.59. The van der Waals surface area contributed by atoms with Crippen LogP contribution in [0.2, 0.25) is 0 Å². The fourth-order valence-electron chi connectivity index (χ4n) is 2.18. The topological polar surface area (TPSA) is 32.3 Å². The van der Waals surface area contributed by atoms with Crippen molar-refractivity contribution in [2.24, 2.45) is 0 Å². The van der Waals surface area contributed by atoms with Crippen LogP contribution in [0.3, 0.4) is 0 Å². The van der Waals surface area contributed by atoms with Crippen LogP contribution >= 0.6 is 0 Å². The van der Waals surface area contributed by atoms with E-state index in [2.05, 4.69) is 19.2 Å². The van der Waals surface area contributed by atoms with Gasteiger partial charge in [0.2, 0.25) is 5.91 Å². The Labute approximate surface area is 85.8 Å². The van der Waals surface area contributed by atoms with Crippen LogP contribution in [0.5, 0.6) is 0 Å². The van der Waals surface area contributed by atoms with Gasteiger partial charge in [-0.3, -0.25) is 4.79 Å². The Morgan fingerprint density at radius 2 is 2.21 bits per heavy atom. The number of carbonyl (C=O) groups excluding carboxylic acids is 1. The third kappa shape index (κ3) is 2.08. The molecule has 1 amide bonds. The van der Waals surface area contributed by atoms with Gasteiger partial charge in [-0.2, -0.15) is 0 Å². The van der Waals surface area contributed by atoms with Gasteiger partial charge in [0, 0.05) is 18.1 Å². The Bertz CT molecular complexity index is 233. The summed E-state index contributed by atoms with van der Waals surface area (Å²) in [6.45, 7) is 5.80. The van der Waals surface area contributed by atoms with E-state index in [-0.39, 0.29) is 11.4 Å². The van der Waals surface area contributed by atoms with E-state index >= 15 is 0 Å². The number of nitrogens with zero attached hydrogens (tertiary/aromatic N) is 1. The highest BCUT2D eigenvalue weighted by Gasteiger charge is 2.35. The predicted molar refractivity (Wildman–Crippen MR) is 56.1 cm³/mol. The van der Waals surface area contributed by atoms with E-state index in [0.29, 0.717) is 12.6 Å². The highest BCUT2D eigenvalue weighted by atomic mass is 16.2. The highest BCUT2D eigenvalue weighted by molar-refractivity contribution is 5.79. The molecule has 0 aromatic carbocycles. The maximum atomic E-state index is 11.9. The second-order valence-corrected chi connectivity index (χ2v) is 5.12. The summed E-state index contributed by atoms with van der Waals surface area (Å²) < 4.78 is 0. The molecule has 1 saturated carbocycles. The average molecular weight is 196 g/mol. The summed E-state index contributed by atoms with van der Waals surface area (Å²) in [5, 5.41) is 3.28. The molecule has 3 nitrogen and oxygen atoms in total. The smallest absolute Gasteiger partial charge is 0.236 e. The number of rotatable bonds is 3. The van der Waals surface area contributed by atoms with Crippen molar-refractivity contribution in [1.29, 1.82) is 0 Å². The molecule has 2 rings (SSSR count). The van der Waals surface area contributed by atoms with Crippen LogP contribution in [0.4, 0.5) is 0 Å². The summed E-state index contributed by atoms with van der Waals surface area (Å²) >= 11 is 0. The molecule has 0 radical (unpaired) electrons. The first kappa shape index (κ1) is 9.97. The second-order valence-electron chi connectivity index (χ2n) is 5.12. The lowest BCUT2D eigenvalue weighted by atomic mass is 10.0. The quantitative estimate of drug-likeness (QED) is 0.734. The molecule has 1 heterocycles. The van der Waals surface area contributed by atoms with E-state index in [1.54, 1.807) is 0 Å². The predicted octanol–water partition coefficient (Wildman–Crippen LogP) is 1.14. The Morgan fingerprint density at radius 1 is 1.50 bits per heavy atom. The van der Waals surface area contributed by atoms with Crippen LogP contribution in [0, 0.1) is 0 Å². The van der Waals surface area contributed by atoms with Crippen LogP contribution in [0.25, 0.3) is 0 Å². The molecule has 14 heavy (non-hydrogen) atoms. The van der Waals surface area contributed by atoms with Crippen molar-refractivity contribution in [2.45, 2.75) is 51.1 Å². The van der Waals surface area contributed by atoms with Crippen LogP contribution in [0.1, 0.15) is 39.5 Å². The summed E-state index contributed by atoms with van der Waals surface area (Å²) in [4.78, 5) is 13.9. The van der Waals surface area contributed by atoms with E-state index in [0.717, 1.165) is 19.4 Å². The van der Waals surface area contributed by atoms with Crippen molar-refractivity contribution in [3.05, 3.63) is 0 Å². The molecule has 2 fully saturated rings. The molecular weight excluding hydrogens is 176 g/mol. The summed E-state index contributed by atoms with van der Waals surface area (Å²) in [6, 6.07) is 0.629. The molecule has 3 heteroatoms. The number of amides is 1. The largest absolute Gasteiger partial charge is 0.336 e. The summed E-state index contributed by atoms with van der Waals surface area (Å²) in [5.74, 6) is 0.277. The maximum absolute atomic E-state index is 11.9. The van der Waals surface area contributed by atoms with Gasteiger partial charge < -0.3 is 10.2 Å². The fourth-order valence-corrected chi connectivity index (χ4v) is 2.18. The SMILES string of the molecule is CC1(C)CCCN1C(=O)CNC1CC1. The van der Waals surface area contributed by atoms with E-state index in [9.17, 15) is 4.79 Å². The van der Waals surface area contributed by atoms with Crippen molar-refractivity contribution in [2.75, 3.05) is 13.1 Å². The number of carbonyl (C=O) groups is 1. The van der Waals surface area contributed by atoms with Gasteiger partial charge in [0.15, 0.2) is 0 Å². The molecule has 1 saturated heterocycles. The normalized spacial score (nSPS) is 25.4. The van der Waals surface area contributed by atoms with Crippen LogP contribution in [-0.2, 0) is 4.79 Å². The van der Waals surface area contributed by atoms with Gasteiger partial charge in [0.1, 0.15) is 0 Å². The van der Waals surface area contributed by atoms with Gasteiger partial charge in [-0.05, 0) is 39.5 Å². The zero-order valence-electron chi connectivity index (χ0n) is 9.18. The minimum absolute atomic E-state index is 0.0856. The molecule has 0 aromatic rings. The van der Waals surface area contributed by atoms with Crippen molar-refractivity contribution >= 4 is 5.91 Å². The van der Waals surface area contributed by atoms with Gasteiger partial charge in [0.25, 0.3) is 0 Å². The highest BCUT2D eigenvalue weighted by Crippen LogP contribution is 2.28. The zero-order valence-corrected chi connectivity index (χ0v) is 9.18. The molecule has 1 aliphatic heterocycles. The van der Waals surface area contributed by atoms with Gasteiger partial charge >= 0.3 is 0 Å². The molecule has 0 unspecified atom stereocenters. The van der Waals surface area contributed by atoms with E-state index in [1.807, 2.05) is 4.90 Å². The lowest BCUT2D eigenvalue weighted by Crippen LogP contribution is -2.46. The first-order valence-corrected chi connectivity index (χ1v) is 5.63. The standard InChI is InChI=1S/C11H20N2O/c1-11(2)6-3-7-13(11)10(14)8-12-9-4-5-9/h9,12H,3-8H2,1-2H3. The fraction of sp³-hybridized carbons (Fsp3) is 0.909. The number of likely N-dealkylation sites (tertiary alicyclic amines) is 1. The Kier molecular flexibility index (Phi) is 2.52. The minimum Gasteiger partial charge on any atom is -0.336 e. The summed E-state index contributed by atoms with van der Waals surface area (Å²) in [7, 11) is 0. The molecular formula is C11H20N2O. The maximum Gasteiger partial charge on any atom is 0.236 e. The van der Waals surface area contributed by atoms with Crippen LogP contribution in [0.15, 0.2) is 0 Å². The van der Waals surface area contributed by atoms with E-state index in [1.165, 1.54) is 12.8 Å². The van der Waals surface area contributed by atoms with E-state index < -0.39 is 0 Å². The summed E-state index contributed by atoms with van der Waals surface area (Å²) in [5.41, 5.74) is 0.0856. The number of hydrogen-bond acceptors (Lipinski definition) is 2. The summed E-state index contributed by atoms with van der Waals surface area (Å²) in [6.07, 6.45) is 4.79. The van der Waals surface area contributed by atoms with Crippen molar-refractivity contribution in [3.63, 3.8) is 0 Å². The van der Waals surface area contributed by atoms with Crippen LogP contribution < -0.4 is 5.32 Å². The monoisotopic (exact) mass is 196 g/mol. The van der Waals surface area contributed by atoms with Crippen molar-refractivity contribution in [3.8, 4) is 0 Å². The third-order valence-corrected chi connectivity index (χ3v) is 3.32. The minimum atomic E-state index is 0.0856. The van der Waals surface area contributed by atoms with E-state index in [4.69, 9.17) is 0 Å². The molecule has 80 valence electrons. The van der Waals surface area contributed by atoms with Gasteiger partial charge in [-0.15, -0.1) is 0 Å². The molecule has 0 bridgehead atoms. The molecule has 1 aliphatic carbocycles. The first-order valence-electron chi connectivity index (χ1n) is 5.63. The molecule has 2 aliphatic rings. The second kappa shape index (κ2) is 3.54.